The van der Waals surface area contributed by atoms with E-state index in [9.17, 15) is 0 Å². The minimum atomic E-state index is 0.0659. The monoisotopic (exact) mass is 256 g/mol. The predicted octanol–water partition coefficient (Wildman–Crippen LogP) is 3.48. The number of ether oxygens (including phenoxy) is 1. The summed E-state index contributed by atoms with van der Waals surface area (Å²) in [5, 5.41) is 0. The van der Waals surface area contributed by atoms with Gasteiger partial charge in [0.05, 0.1) is 7.11 Å². The fourth-order valence-electron chi connectivity index (χ4n) is 1.97. The van der Waals surface area contributed by atoms with Gasteiger partial charge in [0.1, 0.15) is 5.75 Å². The molecule has 0 aromatic heterocycles. The van der Waals surface area contributed by atoms with Crippen molar-refractivity contribution in [3.63, 3.8) is 0 Å². The average molecular weight is 256 g/mol. The largest absolute Gasteiger partial charge is 0.497 e. The van der Waals surface area contributed by atoms with Crippen molar-refractivity contribution in [1.82, 2.24) is 0 Å². The number of hydrogen-bond acceptors (Lipinski definition) is 3. The number of rotatable bonds is 4. The first-order valence-corrected chi connectivity index (χ1v) is 6.35. The SMILES string of the molecule is COc1cccc(N(C)c2ccc(C(C)N)cc2)c1. The van der Waals surface area contributed by atoms with Crippen LogP contribution in [-0.2, 0) is 0 Å². The maximum atomic E-state index is 5.86. The first-order valence-electron chi connectivity index (χ1n) is 6.35. The van der Waals surface area contributed by atoms with Crippen molar-refractivity contribution in [2.45, 2.75) is 13.0 Å². The van der Waals surface area contributed by atoms with Crippen LogP contribution in [0.1, 0.15) is 18.5 Å². The molecule has 0 fully saturated rings. The van der Waals surface area contributed by atoms with E-state index in [-0.39, 0.29) is 6.04 Å². The fraction of sp³-hybridized carbons (Fsp3) is 0.250. The Bertz CT molecular complexity index is 535. The van der Waals surface area contributed by atoms with Crippen molar-refractivity contribution in [3.05, 3.63) is 54.1 Å². The number of benzene rings is 2. The third-order valence-corrected chi connectivity index (χ3v) is 3.25. The lowest BCUT2D eigenvalue weighted by Gasteiger charge is -2.20. The molecule has 1 unspecified atom stereocenters. The molecule has 2 aromatic rings. The molecule has 2 aromatic carbocycles. The van der Waals surface area contributed by atoms with Gasteiger partial charge in [0, 0.05) is 30.5 Å². The van der Waals surface area contributed by atoms with Crippen LogP contribution >= 0.6 is 0 Å². The zero-order valence-electron chi connectivity index (χ0n) is 11.6. The highest BCUT2D eigenvalue weighted by molar-refractivity contribution is 5.64. The normalized spacial score (nSPS) is 12.0. The second kappa shape index (κ2) is 5.76. The Morgan fingerprint density at radius 3 is 2.32 bits per heavy atom. The molecule has 2 rings (SSSR count). The van der Waals surface area contributed by atoms with Gasteiger partial charge in [-0.25, -0.2) is 0 Å². The Morgan fingerprint density at radius 2 is 1.74 bits per heavy atom. The lowest BCUT2D eigenvalue weighted by molar-refractivity contribution is 0.415. The van der Waals surface area contributed by atoms with Gasteiger partial charge in [-0.3, -0.25) is 0 Å². The lowest BCUT2D eigenvalue weighted by atomic mass is 10.1. The van der Waals surface area contributed by atoms with Gasteiger partial charge in [-0.1, -0.05) is 18.2 Å². The smallest absolute Gasteiger partial charge is 0.120 e. The zero-order valence-corrected chi connectivity index (χ0v) is 11.6. The van der Waals surface area contributed by atoms with E-state index in [2.05, 4.69) is 35.2 Å². The van der Waals surface area contributed by atoms with E-state index < -0.39 is 0 Å². The molecule has 0 amide bonds. The Labute approximate surface area is 114 Å². The van der Waals surface area contributed by atoms with Gasteiger partial charge in [0.2, 0.25) is 0 Å². The lowest BCUT2D eigenvalue weighted by Crippen LogP contribution is -2.10. The molecule has 0 radical (unpaired) electrons. The van der Waals surface area contributed by atoms with Crippen LogP contribution in [0.15, 0.2) is 48.5 Å². The quantitative estimate of drug-likeness (QED) is 0.910. The van der Waals surface area contributed by atoms with E-state index >= 15 is 0 Å². The minimum absolute atomic E-state index is 0.0659. The minimum Gasteiger partial charge on any atom is -0.497 e. The van der Waals surface area contributed by atoms with Crippen LogP contribution in [0.25, 0.3) is 0 Å². The third-order valence-electron chi connectivity index (χ3n) is 3.25. The second-order valence-corrected chi connectivity index (χ2v) is 4.64. The van der Waals surface area contributed by atoms with E-state index in [1.54, 1.807) is 7.11 Å². The maximum Gasteiger partial charge on any atom is 0.120 e. The van der Waals surface area contributed by atoms with E-state index in [4.69, 9.17) is 10.5 Å². The van der Waals surface area contributed by atoms with Crippen molar-refractivity contribution < 1.29 is 4.74 Å². The Balaban J connectivity index is 2.25. The van der Waals surface area contributed by atoms with Crippen LogP contribution < -0.4 is 15.4 Å². The molecular formula is C16H20N2O. The highest BCUT2D eigenvalue weighted by Crippen LogP contribution is 2.27. The Morgan fingerprint density at radius 1 is 1.05 bits per heavy atom. The molecule has 0 heterocycles. The van der Waals surface area contributed by atoms with Gasteiger partial charge in [-0.15, -0.1) is 0 Å². The van der Waals surface area contributed by atoms with Crippen LogP contribution in [0.5, 0.6) is 5.75 Å². The van der Waals surface area contributed by atoms with Crippen molar-refractivity contribution in [2.75, 3.05) is 19.1 Å². The summed E-state index contributed by atoms with van der Waals surface area (Å²) in [5.74, 6) is 0.858. The number of hydrogen-bond donors (Lipinski definition) is 1. The van der Waals surface area contributed by atoms with Crippen molar-refractivity contribution >= 4 is 11.4 Å². The average Bonchev–Trinajstić information content (AvgIpc) is 2.46. The second-order valence-electron chi connectivity index (χ2n) is 4.64. The molecule has 0 aliphatic carbocycles. The summed E-state index contributed by atoms with van der Waals surface area (Å²) in [7, 11) is 3.71. The van der Waals surface area contributed by atoms with E-state index in [1.165, 1.54) is 0 Å². The molecule has 0 spiro atoms. The van der Waals surface area contributed by atoms with Crippen LogP contribution in [-0.4, -0.2) is 14.2 Å². The van der Waals surface area contributed by atoms with Crippen LogP contribution in [0, 0.1) is 0 Å². The number of anilines is 2. The van der Waals surface area contributed by atoms with Gasteiger partial charge in [0.15, 0.2) is 0 Å². The molecule has 3 nitrogen and oxygen atoms in total. The number of nitrogens with two attached hydrogens (primary N) is 1. The number of nitrogens with zero attached hydrogens (tertiary/aromatic N) is 1. The molecule has 0 aliphatic heterocycles. The topological polar surface area (TPSA) is 38.5 Å². The highest BCUT2D eigenvalue weighted by Gasteiger charge is 2.06. The fourth-order valence-corrected chi connectivity index (χ4v) is 1.97. The van der Waals surface area contributed by atoms with Gasteiger partial charge >= 0.3 is 0 Å². The summed E-state index contributed by atoms with van der Waals surface area (Å²) in [6.07, 6.45) is 0. The molecule has 3 heteroatoms. The first kappa shape index (κ1) is 13.4. The van der Waals surface area contributed by atoms with Crippen LogP contribution in [0.2, 0.25) is 0 Å². The van der Waals surface area contributed by atoms with E-state index in [0.29, 0.717) is 0 Å². The molecule has 0 saturated heterocycles. The summed E-state index contributed by atoms with van der Waals surface area (Å²) in [6, 6.07) is 16.4. The molecule has 2 N–H and O–H groups in total. The summed E-state index contributed by atoms with van der Waals surface area (Å²) >= 11 is 0. The molecule has 0 bridgehead atoms. The third kappa shape index (κ3) is 3.06. The molecule has 1 atom stereocenters. The molecule has 100 valence electrons. The summed E-state index contributed by atoms with van der Waals surface area (Å²) in [4.78, 5) is 2.12. The number of methoxy groups -OCH3 is 1. The maximum absolute atomic E-state index is 5.86. The van der Waals surface area contributed by atoms with Crippen molar-refractivity contribution in [1.29, 1.82) is 0 Å². The molecule has 0 aliphatic rings. The first-order chi connectivity index (χ1) is 9.11. The Hall–Kier alpha value is -2.00. The van der Waals surface area contributed by atoms with Gasteiger partial charge < -0.3 is 15.4 Å². The van der Waals surface area contributed by atoms with Crippen molar-refractivity contribution in [2.24, 2.45) is 5.73 Å². The van der Waals surface area contributed by atoms with Gasteiger partial charge in [-0.2, -0.15) is 0 Å². The van der Waals surface area contributed by atoms with Gasteiger partial charge in [0.25, 0.3) is 0 Å². The van der Waals surface area contributed by atoms with Gasteiger partial charge in [-0.05, 0) is 36.8 Å². The standard InChI is InChI=1S/C16H20N2O/c1-12(17)13-7-9-14(10-8-13)18(2)15-5-4-6-16(11-15)19-3/h4-12H,17H2,1-3H3. The van der Waals surface area contributed by atoms with E-state index in [1.807, 2.05) is 32.2 Å². The van der Waals surface area contributed by atoms with Crippen LogP contribution in [0.3, 0.4) is 0 Å². The molecular weight excluding hydrogens is 236 g/mol. The van der Waals surface area contributed by atoms with Crippen molar-refractivity contribution in [3.8, 4) is 5.75 Å². The summed E-state index contributed by atoms with van der Waals surface area (Å²) in [6.45, 7) is 1.99. The Kier molecular flexibility index (Phi) is 4.07. The van der Waals surface area contributed by atoms with E-state index in [0.717, 1.165) is 22.7 Å². The zero-order chi connectivity index (χ0) is 13.8. The van der Waals surface area contributed by atoms with Crippen LogP contribution in [0.4, 0.5) is 11.4 Å². The molecule has 19 heavy (non-hydrogen) atoms. The summed E-state index contributed by atoms with van der Waals surface area (Å²) in [5.41, 5.74) is 9.21. The molecule has 0 saturated carbocycles. The summed E-state index contributed by atoms with van der Waals surface area (Å²) < 4.78 is 5.25. The predicted molar refractivity (Wildman–Crippen MR) is 80.1 cm³/mol. The highest BCUT2D eigenvalue weighted by atomic mass is 16.5.